The van der Waals surface area contributed by atoms with Crippen LogP contribution in [0.1, 0.15) is 51.0 Å². The second kappa shape index (κ2) is 6.59. The third kappa shape index (κ3) is 2.86. The van der Waals surface area contributed by atoms with Crippen LogP contribution in [0.3, 0.4) is 0 Å². The first-order chi connectivity index (χ1) is 11.5. The molecule has 5 nitrogen and oxygen atoms in total. The van der Waals surface area contributed by atoms with Gasteiger partial charge < -0.3 is 4.74 Å². The summed E-state index contributed by atoms with van der Waals surface area (Å²) in [5.74, 6) is 1.44. The quantitative estimate of drug-likeness (QED) is 0.489. The molecule has 0 radical (unpaired) electrons. The van der Waals surface area contributed by atoms with Crippen LogP contribution in [0, 0.1) is 6.92 Å². The summed E-state index contributed by atoms with van der Waals surface area (Å²) in [6.07, 6.45) is 5.86. The van der Waals surface area contributed by atoms with Crippen molar-refractivity contribution < 1.29 is 4.74 Å². The summed E-state index contributed by atoms with van der Waals surface area (Å²) in [5.41, 5.74) is 2.91. The Morgan fingerprint density at radius 3 is 2.83 bits per heavy atom. The molecule has 0 fully saturated rings. The second-order valence-corrected chi connectivity index (χ2v) is 6.35. The highest BCUT2D eigenvalue weighted by molar-refractivity contribution is 6.07. The van der Waals surface area contributed by atoms with Gasteiger partial charge in [-0.2, -0.15) is 5.10 Å². The lowest BCUT2D eigenvalue weighted by Crippen LogP contribution is -2.04. The van der Waals surface area contributed by atoms with Gasteiger partial charge in [0.15, 0.2) is 0 Å². The third-order valence-electron chi connectivity index (χ3n) is 4.11. The van der Waals surface area contributed by atoms with Crippen molar-refractivity contribution in [1.29, 1.82) is 0 Å². The zero-order chi connectivity index (χ0) is 17.3. The fourth-order valence-electron chi connectivity index (χ4n) is 2.84. The van der Waals surface area contributed by atoms with Gasteiger partial charge in [-0.25, -0.2) is 9.97 Å². The average molecular weight is 324 g/mol. The number of benzene rings is 1. The molecule has 0 aliphatic heterocycles. The van der Waals surface area contributed by atoms with Gasteiger partial charge in [0.25, 0.3) is 0 Å². The molecule has 0 atom stereocenters. The first-order valence-electron chi connectivity index (χ1n) is 8.48. The number of aryl methyl sites for hydroxylation is 1. The largest absolute Gasteiger partial charge is 0.494 e. The molecule has 3 rings (SSSR count). The Bertz CT molecular complexity index is 895. The number of aromatic nitrogens is 4. The van der Waals surface area contributed by atoms with Crippen LogP contribution in [0.2, 0.25) is 0 Å². The maximum atomic E-state index is 5.85. The van der Waals surface area contributed by atoms with Crippen LogP contribution in [-0.4, -0.2) is 26.4 Å². The Morgan fingerprint density at radius 1 is 1.33 bits per heavy atom. The molecule has 0 saturated heterocycles. The molecule has 1 aromatic carbocycles. The van der Waals surface area contributed by atoms with Crippen molar-refractivity contribution in [2.45, 2.75) is 46.6 Å². The van der Waals surface area contributed by atoms with Gasteiger partial charge in [-0.05, 0) is 33.3 Å². The highest BCUT2D eigenvalue weighted by Gasteiger charge is 2.17. The van der Waals surface area contributed by atoms with Crippen LogP contribution < -0.4 is 0 Å². The lowest BCUT2D eigenvalue weighted by molar-refractivity contribution is 0.271. The van der Waals surface area contributed by atoms with Crippen molar-refractivity contribution in [2.24, 2.45) is 0 Å². The Labute approximate surface area is 142 Å². The monoisotopic (exact) mass is 324 g/mol. The molecular formula is C19H24N4O. The smallest absolute Gasteiger partial charge is 0.125 e. The highest BCUT2D eigenvalue weighted by atomic mass is 16.5. The molecule has 0 aliphatic carbocycles. The summed E-state index contributed by atoms with van der Waals surface area (Å²) in [6.45, 7) is 13.1. The Hall–Kier alpha value is -2.43. The molecule has 2 aromatic heterocycles. The number of hydrogen-bond acceptors (Lipinski definition) is 4. The van der Waals surface area contributed by atoms with Crippen LogP contribution in [-0.2, 0) is 4.74 Å². The molecule has 0 spiro atoms. The third-order valence-corrected chi connectivity index (χ3v) is 4.11. The zero-order valence-electron chi connectivity index (χ0n) is 14.8. The minimum absolute atomic E-state index is 0.241. The fraction of sp³-hybridized carbons (Fsp3) is 0.421. The molecule has 5 heteroatoms. The van der Waals surface area contributed by atoms with E-state index in [2.05, 4.69) is 48.5 Å². The first kappa shape index (κ1) is 16.4. The minimum atomic E-state index is 0.241. The van der Waals surface area contributed by atoms with Gasteiger partial charge in [0.2, 0.25) is 0 Å². The molecule has 2 heterocycles. The predicted molar refractivity (Wildman–Crippen MR) is 97.8 cm³/mol. The fourth-order valence-corrected chi connectivity index (χ4v) is 2.84. The van der Waals surface area contributed by atoms with Gasteiger partial charge in [-0.3, -0.25) is 4.68 Å². The molecule has 3 aromatic rings. The van der Waals surface area contributed by atoms with Gasteiger partial charge in [0, 0.05) is 28.6 Å². The minimum Gasteiger partial charge on any atom is -0.494 e. The van der Waals surface area contributed by atoms with Crippen molar-refractivity contribution in [3.05, 3.63) is 36.4 Å². The number of unbranched alkanes of at least 4 members (excludes halogenated alkanes) is 1. The van der Waals surface area contributed by atoms with E-state index in [4.69, 9.17) is 4.74 Å². The standard InChI is InChI=1S/C19H24N4O/c1-6-7-8-24-13(4)16-9-15-10-20-14(5)22-18(15)19-17(16)11-21-23(19)12(2)3/h9-12H,4,6-8H2,1-3,5H3. The van der Waals surface area contributed by atoms with E-state index in [-0.39, 0.29) is 6.04 Å². The van der Waals surface area contributed by atoms with Crippen LogP contribution >= 0.6 is 0 Å². The van der Waals surface area contributed by atoms with Gasteiger partial charge >= 0.3 is 0 Å². The number of ether oxygens (including phenoxy) is 1. The van der Waals surface area contributed by atoms with Crippen molar-refractivity contribution in [3.8, 4) is 0 Å². The average Bonchev–Trinajstić information content (AvgIpc) is 3.00. The van der Waals surface area contributed by atoms with E-state index in [0.717, 1.165) is 46.0 Å². The summed E-state index contributed by atoms with van der Waals surface area (Å²) < 4.78 is 7.85. The van der Waals surface area contributed by atoms with E-state index >= 15 is 0 Å². The molecule has 0 amide bonds. The Balaban J connectivity index is 2.22. The Kier molecular flexibility index (Phi) is 4.51. The van der Waals surface area contributed by atoms with E-state index in [1.807, 2.05) is 24.0 Å². The summed E-state index contributed by atoms with van der Waals surface area (Å²) >= 11 is 0. The SMILES string of the molecule is C=C(OCCCC)c1cc2cnc(C)nc2c2c1cnn2C(C)C. The van der Waals surface area contributed by atoms with Crippen molar-refractivity contribution in [2.75, 3.05) is 6.61 Å². The molecule has 0 unspecified atom stereocenters. The molecule has 0 bridgehead atoms. The molecule has 126 valence electrons. The van der Waals surface area contributed by atoms with Gasteiger partial charge in [-0.15, -0.1) is 0 Å². The lowest BCUT2D eigenvalue weighted by Gasteiger charge is -2.13. The predicted octanol–water partition coefficient (Wildman–Crippen LogP) is 4.66. The number of fused-ring (bicyclic) bond motifs is 3. The Morgan fingerprint density at radius 2 is 2.12 bits per heavy atom. The summed E-state index contributed by atoms with van der Waals surface area (Å²) in [4.78, 5) is 8.99. The van der Waals surface area contributed by atoms with E-state index in [1.165, 1.54) is 0 Å². The number of nitrogens with zero attached hydrogens (tertiary/aromatic N) is 4. The maximum absolute atomic E-state index is 5.85. The molecule has 0 saturated carbocycles. The van der Waals surface area contributed by atoms with Crippen molar-refractivity contribution in [3.63, 3.8) is 0 Å². The van der Waals surface area contributed by atoms with Crippen LogP contribution in [0.25, 0.3) is 27.6 Å². The maximum Gasteiger partial charge on any atom is 0.125 e. The number of hydrogen-bond donors (Lipinski definition) is 0. The lowest BCUT2D eigenvalue weighted by atomic mass is 10.1. The van der Waals surface area contributed by atoms with Crippen molar-refractivity contribution >= 4 is 27.6 Å². The van der Waals surface area contributed by atoms with Gasteiger partial charge in [0.1, 0.15) is 11.6 Å². The van der Waals surface area contributed by atoms with E-state index in [1.54, 1.807) is 0 Å². The molecule has 0 aliphatic rings. The normalized spacial score (nSPS) is 11.5. The van der Waals surface area contributed by atoms with Crippen molar-refractivity contribution in [1.82, 2.24) is 19.7 Å². The summed E-state index contributed by atoms with van der Waals surface area (Å²) in [7, 11) is 0. The molecule has 24 heavy (non-hydrogen) atoms. The summed E-state index contributed by atoms with van der Waals surface area (Å²) in [5, 5.41) is 6.58. The van der Waals surface area contributed by atoms with Crippen LogP contribution in [0.5, 0.6) is 0 Å². The summed E-state index contributed by atoms with van der Waals surface area (Å²) in [6, 6.07) is 2.29. The second-order valence-electron chi connectivity index (χ2n) is 6.35. The molecular weight excluding hydrogens is 300 g/mol. The van der Waals surface area contributed by atoms with Gasteiger partial charge in [0.05, 0.1) is 23.8 Å². The molecule has 0 N–H and O–H groups in total. The van der Waals surface area contributed by atoms with E-state index < -0.39 is 0 Å². The van der Waals surface area contributed by atoms with Crippen LogP contribution in [0.15, 0.2) is 25.0 Å². The van der Waals surface area contributed by atoms with E-state index in [0.29, 0.717) is 12.4 Å². The van der Waals surface area contributed by atoms with Crippen LogP contribution in [0.4, 0.5) is 0 Å². The zero-order valence-corrected chi connectivity index (χ0v) is 14.8. The topological polar surface area (TPSA) is 52.8 Å². The number of rotatable bonds is 6. The van der Waals surface area contributed by atoms with E-state index in [9.17, 15) is 0 Å². The highest BCUT2D eigenvalue weighted by Crippen LogP contribution is 2.32. The first-order valence-corrected chi connectivity index (χ1v) is 8.48. The van der Waals surface area contributed by atoms with Gasteiger partial charge in [-0.1, -0.05) is 19.9 Å².